The Balaban J connectivity index is 2.63. The van der Waals surface area contributed by atoms with Gasteiger partial charge in [-0.05, 0) is 31.2 Å². The quantitative estimate of drug-likeness (QED) is 0.467. The summed E-state index contributed by atoms with van der Waals surface area (Å²) in [5.74, 6) is 0. The highest BCUT2D eigenvalue weighted by atomic mass is 14.1. The van der Waals surface area contributed by atoms with Crippen molar-refractivity contribution in [3.05, 3.63) is 29.3 Å². The third kappa shape index (κ3) is 4.98. The molecule has 17 heavy (non-hydrogen) atoms. The number of rotatable bonds is 8. The maximum Gasteiger partial charge on any atom is 0.114 e. The van der Waals surface area contributed by atoms with E-state index in [0.29, 0.717) is 0 Å². The first-order valence-electron chi connectivity index (χ1n) is 7.15. The molecule has 92 valence electrons. The minimum Gasteiger partial charge on any atom is -0.0933 e. The fraction of sp³-hybridized carbons (Fsp3) is 0.625. The van der Waals surface area contributed by atoms with Gasteiger partial charge in [-0.1, -0.05) is 68.8 Å². The molecule has 1 heteroatoms. The van der Waals surface area contributed by atoms with E-state index in [1.165, 1.54) is 56.1 Å². The van der Waals surface area contributed by atoms with Gasteiger partial charge in [0.2, 0.25) is 0 Å². The van der Waals surface area contributed by atoms with Crippen molar-refractivity contribution in [1.82, 2.24) is 0 Å². The van der Waals surface area contributed by atoms with E-state index in [2.05, 4.69) is 26.0 Å². The molecular formula is C16H25B. The summed E-state index contributed by atoms with van der Waals surface area (Å²) in [5.41, 5.74) is 3.89. The van der Waals surface area contributed by atoms with Gasteiger partial charge in [0.05, 0.1) is 0 Å². The second-order valence-electron chi connectivity index (χ2n) is 4.90. The molecule has 0 aromatic heterocycles. The highest BCUT2D eigenvalue weighted by molar-refractivity contribution is 6.33. The van der Waals surface area contributed by atoms with E-state index in [4.69, 9.17) is 7.85 Å². The third-order valence-corrected chi connectivity index (χ3v) is 3.39. The van der Waals surface area contributed by atoms with Crippen LogP contribution in [0.5, 0.6) is 0 Å². The fourth-order valence-electron chi connectivity index (χ4n) is 2.31. The second kappa shape index (κ2) is 8.39. The van der Waals surface area contributed by atoms with E-state index in [1.807, 2.05) is 6.07 Å². The molecule has 0 aliphatic carbocycles. The summed E-state index contributed by atoms with van der Waals surface area (Å²) < 4.78 is 0. The van der Waals surface area contributed by atoms with Gasteiger partial charge in [0, 0.05) is 0 Å². The van der Waals surface area contributed by atoms with Gasteiger partial charge in [0.15, 0.2) is 0 Å². The lowest BCUT2D eigenvalue weighted by Gasteiger charge is -2.13. The molecule has 1 aromatic carbocycles. The summed E-state index contributed by atoms with van der Waals surface area (Å²) in [6.07, 6.45) is 10.1. The van der Waals surface area contributed by atoms with E-state index >= 15 is 0 Å². The van der Waals surface area contributed by atoms with Crippen molar-refractivity contribution in [1.29, 1.82) is 0 Å². The summed E-state index contributed by atoms with van der Waals surface area (Å²) in [4.78, 5) is 0. The largest absolute Gasteiger partial charge is 0.114 e. The minimum absolute atomic E-state index is 0.995. The van der Waals surface area contributed by atoms with Crippen LogP contribution in [0.2, 0.25) is 0 Å². The number of hydrogen-bond donors (Lipinski definition) is 0. The topological polar surface area (TPSA) is 0 Å². The maximum atomic E-state index is 6.11. The molecule has 0 aliphatic rings. The second-order valence-corrected chi connectivity index (χ2v) is 4.90. The molecule has 0 heterocycles. The number of unbranched alkanes of at least 4 members (excludes halogenated alkanes) is 4. The van der Waals surface area contributed by atoms with Gasteiger partial charge in [0.1, 0.15) is 7.85 Å². The van der Waals surface area contributed by atoms with Crippen molar-refractivity contribution in [3.63, 3.8) is 0 Å². The lowest BCUT2D eigenvalue weighted by molar-refractivity contribution is 0.695. The molecule has 2 radical (unpaired) electrons. The van der Waals surface area contributed by atoms with Crippen LogP contribution in [0.4, 0.5) is 0 Å². The molecule has 0 unspecified atom stereocenters. The monoisotopic (exact) mass is 228 g/mol. The van der Waals surface area contributed by atoms with Crippen molar-refractivity contribution in [2.75, 3.05) is 0 Å². The summed E-state index contributed by atoms with van der Waals surface area (Å²) in [5, 5.41) is 0. The van der Waals surface area contributed by atoms with E-state index in [-0.39, 0.29) is 0 Å². The Labute approximate surface area is 108 Å². The summed E-state index contributed by atoms with van der Waals surface area (Å²) in [6, 6.07) is 6.40. The zero-order chi connectivity index (χ0) is 12.5. The highest BCUT2D eigenvalue weighted by Crippen LogP contribution is 2.14. The van der Waals surface area contributed by atoms with Gasteiger partial charge < -0.3 is 0 Å². The molecule has 0 bridgehead atoms. The van der Waals surface area contributed by atoms with E-state index in [0.717, 1.165) is 11.9 Å². The third-order valence-electron chi connectivity index (χ3n) is 3.39. The standard InChI is InChI=1S/C16H25B/c1-3-5-7-10-14-11-9-13-16(17)15(14)12-8-6-4-2/h9,11,13H,3-8,10,12H2,1-2H3. The molecule has 0 atom stereocenters. The van der Waals surface area contributed by atoms with Gasteiger partial charge in [-0.25, -0.2) is 0 Å². The summed E-state index contributed by atoms with van der Waals surface area (Å²) in [7, 11) is 6.11. The highest BCUT2D eigenvalue weighted by Gasteiger charge is 2.04. The zero-order valence-corrected chi connectivity index (χ0v) is 11.5. The molecule has 0 saturated carbocycles. The summed E-state index contributed by atoms with van der Waals surface area (Å²) >= 11 is 0. The predicted molar refractivity (Wildman–Crippen MR) is 78.3 cm³/mol. The van der Waals surface area contributed by atoms with Crippen molar-refractivity contribution in [3.8, 4) is 0 Å². The predicted octanol–water partition coefficient (Wildman–Crippen LogP) is 3.95. The maximum absolute atomic E-state index is 6.11. The molecular weight excluding hydrogens is 203 g/mol. The first-order chi connectivity index (χ1) is 8.29. The first kappa shape index (κ1) is 14.3. The molecule has 0 aliphatic heterocycles. The SMILES string of the molecule is [B]c1cccc(CCCCC)c1CCCCC. The average Bonchev–Trinajstić information content (AvgIpc) is 2.33. The molecule has 1 aromatic rings. The van der Waals surface area contributed by atoms with Crippen molar-refractivity contribution in [2.24, 2.45) is 0 Å². The van der Waals surface area contributed by atoms with E-state index in [9.17, 15) is 0 Å². The minimum atomic E-state index is 0.995. The van der Waals surface area contributed by atoms with Gasteiger partial charge in [-0.2, -0.15) is 0 Å². The van der Waals surface area contributed by atoms with Crippen LogP contribution >= 0.6 is 0 Å². The number of benzene rings is 1. The first-order valence-corrected chi connectivity index (χ1v) is 7.15. The van der Waals surface area contributed by atoms with Crippen molar-refractivity contribution < 1.29 is 0 Å². The van der Waals surface area contributed by atoms with Gasteiger partial charge >= 0.3 is 0 Å². The Morgan fingerprint density at radius 3 is 2.18 bits per heavy atom. The number of aryl methyl sites for hydroxylation is 1. The van der Waals surface area contributed by atoms with Crippen molar-refractivity contribution >= 4 is 13.3 Å². The van der Waals surface area contributed by atoms with Gasteiger partial charge in [-0.3, -0.25) is 0 Å². The lowest BCUT2D eigenvalue weighted by Crippen LogP contribution is -2.13. The van der Waals surface area contributed by atoms with Crippen molar-refractivity contribution in [2.45, 2.75) is 65.2 Å². The fourth-order valence-corrected chi connectivity index (χ4v) is 2.31. The Morgan fingerprint density at radius 1 is 0.882 bits per heavy atom. The molecule has 0 amide bonds. The van der Waals surface area contributed by atoms with Crippen LogP contribution in [0.3, 0.4) is 0 Å². The zero-order valence-electron chi connectivity index (χ0n) is 11.5. The van der Waals surface area contributed by atoms with Crippen LogP contribution in [-0.2, 0) is 12.8 Å². The Morgan fingerprint density at radius 2 is 1.53 bits per heavy atom. The Kier molecular flexibility index (Phi) is 7.08. The van der Waals surface area contributed by atoms with E-state index < -0.39 is 0 Å². The van der Waals surface area contributed by atoms with Crippen LogP contribution in [0.1, 0.15) is 63.5 Å². The molecule has 0 spiro atoms. The smallest absolute Gasteiger partial charge is 0.0933 e. The molecule has 0 N–H and O–H groups in total. The van der Waals surface area contributed by atoms with Crippen LogP contribution in [-0.4, -0.2) is 7.85 Å². The van der Waals surface area contributed by atoms with Crippen LogP contribution in [0.25, 0.3) is 0 Å². The average molecular weight is 228 g/mol. The number of hydrogen-bond acceptors (Lipinski definition) is 0. The van der Waals surface area contributed by atoms with Gasteiger partial charge in [-0.15, -0.1) is 0 Å². The molecule has 1 rings (SSSR count). The molecule has 0 fully saturated rings. The Bertz CT molecular complexity index is 317. The molecule has 0 nitrogen and oxygen atoms in total. The van der Waals surface area contributed by atoms with Crippen LogP contribution in [0, 0.1) is 0 Å². The summed E-state index contributed by atoms with van der Waals surface area (Å²) in [6.45, 7) is 4.50. The van der Waals surface area contributed by atoms with Crippen LogP contribution in [0.15, 0.2) is 18.2 Å². The van der Waals surface area contributed by atoms with E-state index in [1.54, 1.807) is 0 Å². The lowest BCUT2D eigenvalue weighted by atomic mass is 9.84. The molecule has 0 saturated heterocycles. The van der Waals surface area contributed by atoms with Gasteiger partial charge in [0.25, 0.3) is 0 Å². The normalized spacial score (nSPS) is 10.7. The van der Waals surface area contributed by atoms with Crippen LogP contribution < -0.4 is 5.46 Å². The Hall–Kier alpha value is -0.715.